The van der Waals surface area contributed by atoms with Gasteiger partial charge in [0.05, 0.1) is 53.0 Å². The molecule has 0 N–H and O–H groups in total. The second-order valence-corrected chi connectivity index (χ2v) is 14.5. The van der Waals surface area contributed by atoms with Crippen molar-refractivity contribution < 1.29 is 33.2 Å². The van der Waals surface area contributed by atoms with Crippen molar-refractivity contribution in [1.82, 2.24) is 0 Å². The van der Waals surface area contributed by atoms with Crippen LogP contribution in [-0.2, 0) is 25.0 Å². The van der Waals surface area contributed by atoms with Crippen molar-refractivity contribution >= 4 is 23.0 Å². The van der Waals surface area contributed by atoms with Gasteiger partial charge in [0.15, 0.2) is 5.72 Å². The minimum absolute atomic E-state index is 0.321. The molecule has 0 saturated heterocycles. The molecule has 2 aromatic carbocycles. The number of allylic oxidation sites excluding steroid dienone is 7. The van der Waals surface area contributed by atoms with Gasteiger partial charge >= 0.3 is 0 Å². The van der Waals surface area contributed by atoms with Crippen LogP contribution in [0.2, 0.25) is 0 Å². The lowest BCUT2D eigenvalue weighted by Gasteiger charge is -2.44. The zero-order valence-electron chi connectivity index (χ0n) is 32.2. The molecule has 0 radical (unpaired) electrons. The summed E-state index contributed by atoms with van der Waals surface area (Å²) in [6.45, 7) is 11.2. The molecule has 2 heterocycles. The fraction of sp³-hybridized carbons (Fsp3) is 0.512. The largest absolute Gasteiger partial charge is 0.497 e. The second-order valence-electron chi connectivity index (χ2n) is 14.2. The molecule has 1 atom stereocenters. The standard InChI is InChI=1S/C41H55ClN2O7/c1-39(2)31-23-29(47-7)25-33(49-9)37(31)43(19-21-45-5)35(39)16-15-27-13-12-14-28(36(27)42)17-18-41(51-11)40(3,4)32-24-30(48-8)26-34(50-10)38(32)44(41)20-22-46-6/h15-18,23-26H,12-14,19-22H2,1-11H3/b18-17+,27-15+,35-16-. The molecule has 0 amide bonds. The van der Waals surface area contributed by atoms with Gasteiger partial charge in [-0.1, -0.05) is 51.4 Å². The van der Waals surface area contributed by atoms with E-state index in [0.29, 0.717) is 26.3 Å². The van der Waals surface area contributed by atoms with Crippen molar-refractivity contribution in [3.05, 3.63) is 81.6 Å². The maximum absolute atomic E-state index is 7.29. The molecule has 10 heteroatoms. The Morgan fingerprint density at radius 2 is 1.33 bits per heavy atom. The third-order valence-electron chi connectivity index (χ3n) is 10.9. The lowest BCUT2D eigenvalue weighted by molar-refractivity contribution is -0.0190. The minimum Gasteiger partial charge on any atom is -0.497 e. The number of hydrogen-bond donors (Lipinski definition) is 0. The van der Waals surface area contributed by atoms with Gasteiger partial charge in [-0.05, 0) is 65.8 Å². The molecule has 0 saturated carbocycles. The fourth-order valence-electron chi connectivity index (χ4n) is 8.02. The normalized spacial score (nSPS) is 22.3. The van der Waals surface area contributed by atoms with Crippen LogP contribution < -0.4 is 28.7 Å². The summed E-state index contributed by atoms with van der Waals surface area (Å²) in [6.07, 6.45) is 11.4. The Hall–Kier alpha value is -3.63. The SMILES string of the molecule is COCCN1/C(=C\C=C2/CCCC(/C=C/C3(OC)N(CCOC)c4c(OC)cc(OC)cc4C3(C)C)=C2Cl)C(C)(C)c2cc(OC)cc(OC)c21. The number of fused-ring (bicyclic) bond motifs is 2. The molecule has 9 nitrogen and oxygen atoms in total. The van der Waals surface area contributed by atoms with Crippen molar-refractivity contribution in [2.45, 2.75) is 63.5 Å². The van der Waals surface area contributed by atoms with E-state index in [2.05, 4.69) is 73.9 Å². The average Bonchev–Trinajstić information content (AvgIpc) is 3.46. The molecule has 5 rings (SSSR count). The van der Waals surface area contributed by atoms with Crippen LogP contribution in [0, 0.1) is 0 Å². The van der Waals surface area contributed by atoms with Crippen LogP contribution in [0.3, 0.4) is 0 Å². The molecule has 278 valence electrons. The molecule has 2 aliphatic heterocycles. The number of methoxy groups -OCH3 is 7. The summed E-state index contributed by atoms with van der Waals surface area (Å²) in [5, 5.41) is 0.771. The van der Waals surface area contributed by atoms with Crippen LogP contribution in [-0.4, -0.2) is 81.8 Å². The Morgan fingerprint density at radius 3 is 1.92 bits per heavy atom. The van der Waals surface area contributed by atoms with Crippen LogP contribution in [0.15, 0.2) is 70.4 Å². The average molecular weight is 723 g/mol. The topological polar surface area (TPSA) is 71.1 Å². The summed E-state index contributed by atoms with van der Waals surface area (Å²) in [7, 11) is 11.9. The van der Waals surface area contributed by atoms with Crippen LogP contribution >= 0.6 is 11.6 Å². The van der Waals surface area contributed by atoms with Gasteiger partial charge < -0.3 is 43.0 Å². The Bertz CT molecular complexity index is 1730. The predicted molar refractivity (Wildman–Crippen MR) is 205 cm³/mol. The Balaban J connectivity index is 1.57. The van der Waals surface area contributed by atoms with Crippen LogP contribution in [0.4, 0.5) is 11.4 Å². The maximum Gasteiger partial charge on any atom is 0.169 e. The first-order valence-electron chi connectivity index (χ1n) is 17.5. The number of rotatable bonds is 14. The van der Waals surface area contributed by atoms with Crippen LogP contribution in [0.25, 0.3) is 0 Å². The second kappa shape index (κ2) is 15.5. The number of hydrogen-bond acceptors (Lipinski definition) is 9. The molecule has 3 aliphatic rings. The number of ether oxygens (including phenoxy) is 7. The summed E-state index contributed by atoms with van der Waals surface area (Å²) < 4.78 is 40.8. The van der Waals surface area contributed by atoms with E-state index in [1.165, 1.54) is 0 Å². The van der Waals surface area contributed by atoms with Gasteiger partial charge in [-0.25, -0.2) is 0 Å². The molecule has 0 bridgehead atoms. The number of halogens is 1. The van der Waals surface area contributed by atoms with Gasteiger partial charge in [-0.2, -0.15) is 0 Å². The Kier molecular flexibility index (Phi) is 11.8. The summed E-state index contributed by atoms with van der Waals surface area (Å²) >= 11 is 7.29. The molecular formula is C41H55ClN2O7. The van der Waals surface area contributed by atoms with Crippen molar-refractivity contribution in [3.63, 3.8) is 0 Å². The number of benzene rings is 2. The minimum atomic E-state index is -0.859. The Morgan fingerprint density at radius 1 is 0.725 bits per heavy atom. The fourth-order valence-corrected chi connectivity index (χ4v) is 8.34. The number of nitrogens with zero attached hydrogens (tertiary/aromatic N) is 2. The van der Waals surface area contributed by atoms with E-state index in [1.54, 1.807) is 49.8 Å². The number of anilines is 2. The first kappa shape index (κ1) is 38.6. The van der Waals surface area contributed by atoms with Crippen molar-refractivity contribution in [2.75, 3.05) is 85.9 Å². The summed E-state index contributed by atoms with van der Waals surface area (Å²) in [6, 6.07) is 8.05. The van der Waals surface area contributed by atoms with Gasteiger partial charge in [0.2, 0.25) is 0 Å². The van der Waals surface area contributed by atoms with Crippen LogP contribution in [0.1, 0.15) is 58.1 Å². The van der Waals surface area contributed by atoms with E-state index in [-0.39, 0.29) is 5.41 Å². The first-order chi connectivity index (χ1) is 24.4. The zero-order valence-corrected chi connectivity index (χ0v) is 33.0. The van der Waals surface area contributed by atoms with E-state index in [1.807, 2.05) is 12.1 Å². The van der Waals surface area contributed by atoms with Crippen molar-refractivity contribution in [1.29, 1.82) is 0 Å². The van der Waals surface area contributed by atoms with Gasteiger partial charge in [0.25, 0.3) is 0 Å². The third kappa shape index (κ3) is 6.63. The van der Waals surface area contributed by atoms with Crippen molar-refractivity contribution in [2.24, 2.45) is 0 Å². The third-order valence-corrected chi connectivity index (χ3v) is 11.4. The zero-order chi connectivity index (χ0) is 37.1. The van der Waals surface area contributed by atoms with E-state index in [0.717, 1.165) is 86.6 Å². The van der Waals surface area contributed by atoms with E-state index >= 15 is 0 Å². The molecule has 0 aromatic heterocycles. The van der Waals surface area contributed by atoms with Gasteiger partial charge in [-0.15, -0.1) is 0 Å². The highest BCUT2D eigenvalue weighted by molar-refractivity contribution is 6.32. The van der Waals surface area contributed by atoms with E-state index < -0.39 is 11.1 Å². The molecule has 1 aliphatic carbocycles. The lowest BCUT2D eigenvalue weighted by atomic mass is 9.76. The lowest BCUT2D eigenvalue weighted by Crippen LogP contribution is -2.56. The highest BCUT2D eigenvalue weighted by Crippen LogP contribution is 2.58. The molecule has 1 unspecified atom stereocenters. The van der Waals surface area contributed by atoms with E-state index in [9.17, 15) is 0 Å². The van der Waals surface area contributed by atoms with Gasteiger partial charge in [0, 0.05) is 68.1 Å². The highest BCUT2D eigenvalue weighted by Gasteiger charge is 2.57. The molecular weight excluding hydrogens is 668 g/mol. The van der Waals surface area contributed by atoms with Gasteiger partial charge in [0.1, 0.15) is 23.0 Å². The summed E-state index contributed by atoms with van der Waals surface area (Å²) in [5.74, 6) is 2.99. The smallest absolute Gasteiger partial charge is 0.169 e. The molecule has 0 spiro atoms. The molecule has 2 aromatic rings. The highest BCUT2D eigenvalue weighted by atomic mass is 35.5. The molecule has 51 heavy (non-hydrogen) atoms. The monoisotopic (exact) mass is 722 g/mol. The van der Waals surface area contributed by atoms with Crippen LogP contribution in [0.5, 0.6) is 23.0 Å². The van der Waals surface area contributed by atoms with Crippen molar-refractivity contribution in [3.8, 4) is 23.0 Å². The van der Waals surface area contributed by atoms with E-state index in [4.69, 9.17) is 44.8 Å². The molecule has 0 fully saturated rings. The Labute approximate surface area is 309 Å². The quantitative estimate of drug-likeness (QED) is 0.192. The predicted octanol–water partition coefficient (Wildman–Crippen LogP) is 8.30. The maximum atomic E-state index is 7.29. The summed E-state index contributed by atoms with van der Waals surface area (Å²) in [4.78, 5) is 4.55. The van der Waals surface area contributed by atoms with Gasteiger partial charge in [-0.3, -0.25) is 0 Å². The summed E-state index contributed by atoms with van der Waals surface area (Å²) in [5.41, 5.74) is 5.86. The first-order valence-corrected chi connectivity index (χ1v) is 17.9.